The van der Waals surface area contributed by atoms with Gasteiger partial charge in [0.15, 0.2) is 0 Å². The quantitative estimate of drug-likeness (QED) is 0.777. The van der Waals surface area contributed by atoms with Gasteiger partial charge in [0.05, 0.1) is 6.54 Å². The first-order valence-electron chi connectivity index (χ1n) is 9.11. The topological polar surface area (TPSA) is 82.9 Å². The van der Waals surface area contributed by atoms with Crippen molar-refractivity contribution in [3.8, 4) is 0 Å². The molecule has 2 aliphatic rings. The summed E-state index contributed by atoms with van der Waals surface area (Å²) in [6.07, 6.45) is 2.10. The molecule has 2 fully saturated rings. The molecule has 1 aromatic heterocycles. The first-order chi connectivity index (χ1) is 12.9. The number of piperazine rings is 1. The predicted molar refractivity (Wildman–Crippen MR) is 109 cm³/mol. The van der Waals surface area contributed by atoms with Gasteiger partial charge in [-0.3, -0.25) is 4.79 Å². The van der Waals surface area contributed by atoms with Gasteiger partial charge in [-0.2, -0.15) is 4.31 Å². The molecule has 2 aromatic rings. The monoisotopic (exact) mass is 447 g/mol. The van der Waals surface area contributed by atoms with Crippen LogP contribution < -0.4 is 5.32 Å². The van der Waals surface area contributed by atoms with Crippen LogP contribution >= 0.6 is 24.0 Å². The van der Waals surface area contributed by atoms with Crippen LogP contribution in [0.1, 0.15) is 12.8 Å². The molecule has 0 unspecified atom stereocenters. The Labute approximate surface area is 175 Å². The Kier molecular flexibility index (Phi) is 6.56. The van der Waals surface area contributed by atoms with E-state index in [1.54, 1.807) is 23.1 Å². The molecule has 28 heavy (non-hydrogen) atoms. The predicted octanol–water partition coefficient (Wildman–Crippen LogP) is 2.34. The van der Waals surface area contributed by atoms with E-state index in [-0.39, 0.29) is 36.5 Å². The molecule has 7 nitrogen and oxygen atoms in total. The van der Waals surface area contributed by atoms with Gasteiger partial charge < -0.3 is 14.6 Å². The summed E-state index contributed by atoms with van der Waals surface area (Å²) in [6.45, 7) is 3.19. The van der Waals surface area contributed by atoms with Crippen LogP contribution in [0.15, 0.2) is 33.8 Å². The molecule has 0 saturated carbocycles. The van der Waals surface area contributed by atoms with E-state index < -0.39 is 10.0 Å². The van der Waals surface area contributed by atoms with Gasteiger partial charge in [-0.1, -0.05) is 11.6 Å². The Morgan fingerprint density at radius 1 is 1.18 bits per heavy atom. The molecule has 4 rings (SSSR count). The van der Waals surface area contributed by atoms with Crippen LogP contribution in [-0.2, 0) is 14.8 Å². The van der Waals surface area contributed by atoms with E-state index in [4.69, 9.17) is 16.0 Å². The molecule has 2 saturated heterocycles. The normalized spacial score (nSPS) is 19.8. The maximum atomic E-state index is 12.9. The number of halogens is 2. The molecule has 0 atom stereocenters. The summed E-state index contributed by atoms with van der Waals surface area (Å²) in [4.78, 5) is 14.3. The highest BCUT2D eigenvalue weighted by atomic mass is 35.5. The van der Waals surface area contributed by atoms with Crippen molar-refractivity contribution in [1.29, 1.82) is 0 Å². The van der Waals surface area contributed by atoms with E-state index in [0.29, 0.717) is 35.0 Å². The summed E-state index contributed by atoms with van der Waals surface area (Å²) in [7, 11) is -3.86. The van der Waals surface area contributed by atoms with E-state index in [1.165, 1.54) is 10.4 Å². The fraction of sp³-hybridized carbons (Fsp3) is 0.500. The second-order valence-electron chi connectivity index (χ2n) is 7.12. The fourth-order valence-electron chi connectivity index (χ4n) is 3.71. The van der Waals surface area contributed by atoms with Gasteiger partial charge in [0, 0.05) is 36.1 Å². The molecule has 0 spiro atoms. The largest absolute Gasteiger partial charge is 0.443 e. The maximum absolute atomic E-state index is 12.9. The van der Waals surface area contributed by atoms with E-state index in [1.807, 2.05) is 0 Å². The van der Waals surface area contributed by atoms with Crippen LogP contribution in [0.2, 0.25) is 5.02 Å². The number of sulfonamides is 1. The lowest BCUT2D eigenvalue weighted by Gasteiger charge is -2.36. The number of furan rings is 1. The van der Waals surface area contributed by atoms with Gasteiger partial charge in [-0.15, -0.1) is 12.4 Å². The van der Waals surface area contributed by atoms with E-state index in [2.05, 4.69) is 5.32 Å². The first-order valence-corrected chi connectivity index (χ1v) is 10.9. The average Bonchev–Trinajstić information content (AvgIpc) is 3.08. The smallest absolute Gasteiger partial charge is 0.277 e. The summed E-state index contributed by atoms with van der Waals surface area (Å²) >= 11 is 5.95. The Morgan fingerprint density at radius 2 is 1.93 bits per heavy atom. The van der Waals surface area contributed by atoms with Crippen molar-refractivity contribution in [2.24, 2.45) is 5.92 Å². The van der Waals surface area contributed by atoms with Gasteiger partial charge >= 0.3 is 0 Å². The van der Waals surface area contributed by atoms with E-state index in [9.17, 15) is 13.2 Å². The van der Waals surface area contributed by atoms with Crippen molar-refractivity contribution in [2.45, 2.75) is 17.9 Å². The second-order valence-corrected chi connectivity index (χ2v) is 9.42. The fourth-order valence-corrected chi connectivity index (χ4v) is 5.21. The average molecular weight is 448 g/mol. The molecular weight excluding hydrogens is 425 g/mol. The number of hydrogen-bond donors (Lipinski definition) is 1. The number of amides is 1. The lowest BCUT2D eigenvalue weighted by molar-refractivity contribution is -0.134. The summed E-state index contributed by atoms with van der Waals surface area (Å²) in [5.41, 5.74) is 0.453. The molecule has 2 aliphatic heterocycles. The summed E-state index contributed by atoms with van der Waals surface area (Å²) in [5.74, 6) is 0.334. The number of carbonyl (C=O) groups excluding carboxylic acids is 1. The van der Waals surface area contributed by atoms with Crippen LogP contribution in [0.3, 0.4) is 0 Å². The summed E-state index contributed by atoms with van der Waals surface area (Å²) < 4.78 is 32.5. The molecule has 154 valence electrons. The minimum Gasteiger partial charge on any atom is -0.443 e. The molecule has 10 heteroatoms. The zero-order valence-corrected chi connectivity index (χ0v) is 17.7. The van der Waals surface area contributed by atoms with Crippen LogP contribution in [0.5, 0.6) is 0 Å². The van der Waals surface area contributed by atoms with Crippen molar-refractivity contribution >= 4 is 50.9 Å². The number of piperidine rings is 1. The molecule has 3 heterocycles. The number of nitrogens with one attached hydrogen (secondary N) is 1. The first kappa shape index (κ1) is 21.4. The maximum Gasteiger partial charge on any atom is 0.277 e. The molecule has 0 aliphatic carbocycles. The van der Waals surface area contributed by atoms with Crippen LogP contribution in [0.4, 0.5) is 0 Å². The molecule has 1 aromatic carbocycles. The molecule has 1 amide bonds. The Morgan fingerprint density at radius 3 is 2.64 bits per heavy atom. The number of fused-ring (bicyclic) bond motifs is 1. The molecule has 0 radical (unpaired) electrons. The van der Waals surface area contributed by atoms with E-state index >= 15 is 0 Å². The summed E-state index contributed by atoms with van der Waals surface area (Å²) in [5, 5.41) is 4.29. The third-order valence-corrected chi connectivity index (χ3v) is 7.21. The van der Waals surface area contributed by atoms with Crippen molar-refractivity contribution < 1.29 is 17.6 Å². The number of hydrogen-bond acceptors (Lipinski definition) is 5. The zero-order valence-electron chi connectivity index (χ0n) is 15.3. The van der Waals surface area contributed by atoms with Crippen LogP contribution in [-0.4, -0.2) is 62.8 Å². The standard InChI is InChI=1S/C18H22ClN3O4S.ClH/c19-15-1-2-16-14(9-15)10-18(26-16)27(24,25)22-8-7-21(17(23)12-22)11-13-3-5-20-6-4-13;/h1-2,9-10,13,20H,3-8,11-12H2;1H. The molecule has 0 bridgehead atoms. The third kappa shape index (κ3) is 4.31. The van der Waals surface area contributed by atoms with Crippen molar-refractivity contribution in [1.82, 2.24) is 14.5 Å². The van der Waals surface area contributed by atoms with Gasteiger partial charge in [-0.25, -0.2) is 8.42 Å². The minimum absolute atomic E-state index is 0. The molecular formula is C18H23Cl2N3O4S. The molecule has 1 N–H and O–H groups in total. The summed E-state index contributed by atoms with van der Waals surface area (Å²) in [6, 6.07) is 6.40. The van der Waals surface area contributed by atoms with Crippen LogP contribution in [0.25, 0.3) is 11.0 Å². The number of rotatable bonds is 4. The number of nitrogens with zero attached hydrogens (tertiary/aromatic N) is 2. The van der Waals surface area contributed by atoms with Crippen molar-refractivity contribution in [3.05, 3.63) is 29.3 Å². The zero-order chi connectivity index (χ0) is 19.0. The van der Waals surface area contributed by atoms with Gasteiger partial charge in [0.1, 0.15) is 5.58 Å². The van der Waals surface area contributed by atoms with E-state index in [0.717, 1.165) is 25.9 Å². The lowest BCUT2D eigenvalue weighted by Crippen LogP contribution is -2.53. The van der Waals surface area contributed by atoms with Gasteiger partial charge in [0.25, 0.3) is 10.0 Å². The number of benzene rings is 1. The van der Waals surface area contributed by atoms with Crippen LogP contribution in [0, 0.1) is 5.92 Å². The van der Waals surface area contributed by atoms with Crippen molar-refractivity contribution in [2.75, 3.05) is 39.3 Å². The third-order valence-electron chi connectivity index (χ3n) is 5.27. The Hall–Kier alpha value is -1.32. The Balaban J connectivity index is 0.00000225. The minimum atomic E-state index is -3.86. The van der Waals surface area contributed by atoms with Crippen molar-refractivity contribution in [3.63, 3.8) is 0 Å². The SMILES string of the molecule is Cl.O=C1CN(S(=O)(=O)c2cc3cc(Cl)ccc3o2)CCN1CC1CCNCC1. The number of carbonyl (C=O) groups is 1. The van der Waals surface area contributed by atoms with Gasteiger partial charge in [0.2, 0.25) is 11.0 Å². The Bertz CT molecular complexity index is 957. The van der Waals surface area contributed by atoms with Gasteiger partial charge in [-0.05, 0) is 50.0 Å². The highest BCUT2D eigenvalue weighted by molar-refractivity contribution is 7.89. The highest BCUT2D eigenvalue weighted by Gasteiger charge is 2.35. The second kappa shape index (κ2) is 8.59. The lowest BCUT2D eigenvalue weighted by atomic mass is 9.97. The highest BCUT2D eigenvalue weighted by Crippen LogP contribution is 2.28.